The Morgan fingerprint density at radius 2 is 2.22 bits per heavy atom. The normalized spacial score (nSPS) is 10.3. The molecule has 1 aromatic carbocycles. The fraction of sp³-hybridized carbons (Fsp3) is 0.308. The third-order valence-corrected chi connectivity index (χ3v) is 3.36. The Kier molecular flexibility index (Phi) is 4.04. The molecule has 0 aliphatic carbocycles. The molecule has 0 amide bonds. The van der Waals surface area contributed by atoms with Crippen molar-refractivity contribution in [2.24, 2.45) is 0 Å². The number of aromatic nitrogens is 1. The SMILES string of the molecule is COc1cc(N)cc(NCCc2csc(C)n2)c1. The molecule has 0 saturated heterocycles. The minimum absolute atomic E-state index is 0.696. The Morgan fingerprint density at radius 1 is 1.39 bits per heavy atom. The van der Waals surface area contributed by atoms with Gasteiger partial charge >= 0.3 is 0 Å². The standard InChI is InChI=1S/C13H17N3OS/c1-9-16-11(8-18-9)3-4-15-12-5-10(14)6-13(7-12)17-2/h5-8,15H,3-4,14H2,1-2H3. The second-order valence-corrected chi connectivity index (χ2v) is 5.09. The van der Waals surface area contributed by atoms with Crippen LogP contribution in [0.25, 0.3) is 0 Å². The summed E-state index contributed by atoms with van der Waals surface area (Å²) in [6.07, 6.45) is 0.904. The Morgan fingerprint density at radius 3 is 2.89 bits per heavy atom. The van der Waals surface area contributed by atoms with Gasteiger partial charge in [0.2, 0.25) is 0 Å². The van der Waals surface area contributed by atoms with Crippen LogP contribution in [0, 0.1) is 6.92 Å². The van der Waals surface area contributed by atoms with Crippen LogP contribution >= 0.6 is 11.3 Å². The van der Waals surface area contributed by atoms with Crippen molar-refractivity contribution >= 4 is 22.7 Å². The second kappa shape index (κ2) is 5.73. The molecule has 1 aromatic heterocycles. The van der Waals surface area contributed by atoms with E-state index in [1.54, 1.807) is 24.5 Å². The molecule has 3 N–H and O–H groups in total. The van der Waals surface area contributed by atoms with Crippen LogP contribution in [0.15, 0.2) is 23.6 Å². The van der Waals surface area contributed by atoms with E-state index in [9.17, 15) is 0 Å². The maximum atomic E-state index is 5.79. The molecule has 2 aromatic rings. The van der Waals surface area contributed by atoms with E-state index in [2.05, 4.69) is 15.7 Å². The van der Waals surface area contributed by atoms with Gasteiger partial charge in [-0.2, -0.15) is 0 Å². The van der Waals surface area contributed by atoms with E-state index in [1.165, 1.54) is 0 Å². The van der Waals surface area contributed by atoms with Crippen molar-refractivity contribution in [3.05, 3.63) is 34.3 Å². The summed E-state index contributed by atoms with van der Waals surface area (Å²) in [6, 6.07) is 5.63. The van der Waals surface area contributed by atoms with Gasteiger partial charge in [0.1, 0.15) is 5.75 Å². The third-order valence-electron chi connectivity index (χ3n) is 2.54. The smallest absolute Gasteiger partial charge is 0.122 e. The van der Waals surface area contributed by atoms with Gasteiger partial charge in [-0.25, -0.2) is 4.98 Å². The van der Waals surface area contributed by atoms with E-state index in [0.29, 0.717) is 5.69 Å². The van der Waals surface area contributed by atoms with Crippen LogP contribution in [0.2, 0.25) is 0 Å². The largest absolute Gasteiger partial charge is 0.497 e. The lowest BCUT2D eigenvalue weighted by molar-refractivity contribution is 0.415. The topological polar surface area (TPSA) is 60.2 Å². The zero-order chi connectivity index (χ0) is 13.0. The maximum Gasteiger partial charge on any atom is 0.122 e. The van der Waals surface area contributed by atoms with Crippen LogP contribution in [-0.2, 0) is 6.42 Å². The highest BCUT2D eigenvalue weighted by atomic mass is 32.1. The van der Waals surface area contributed by atoms with Gasteiger partial charge in [-0.1, -0.05) is 0 Å². The van der Waals surface area contributed by atoms with Crippen molar-refractivity contribution in [2.45, 2.75) is 13.3 Å². The summed E-state index contributed by atoms with van der Waals surface area (Å²) < 4.78 is 5.17. The number of nitrogen functional groups attached to an aromatic ring is 1. The predicted molar refractivity (Wildman–Crippen MR) is 76.5 cm³/mol. The Labute approximate surface area is 111 Å². The number of thiazole rings is 1. The summed E-state index contributed by atoms with van der Waals surface area (Å²) in [5, 5.41) is 6.52. The predicted octanol–water partition coefficient (Wildman–Crippen LogP) is 2.70. The van der Waals surface area contributed by atoms with Crippen molar-refractivity contribution in [2.75, 3.05) is 24.7 Å². The zero-order valence-corrected chi connectivity index (χ0v) is 11.4. The molecule has 0 atom stereocenters. The number of hydrogen-bond donors (Lipinski definition) is 2. The Hall–Kier alpha value is -1.75. The van der Waals surface area contributed by atoms with Gasteiger partial charge in [-0.3, -0.25) is 0 Å². The minimum Gasteiger partial charge on any atom is -0.497 e. The van der Waals surface area contributed by atoms with Gasteiger partial charge < -0.3 is 15.8 Å². The van der Waals surface area contributed by atoms with Crippen molar-refractivity contribution in [3.63, 3.8) is 0 Å². The number of anilines is 2. The van der Waals surface area contributed by atoms with E-state index in [4.69, 9.17) is 10.5 Å². The molecule has 0 radical (unpaired) electrons. The van der Waals surface area contributed by atoms with Crippen LogP contribution in [-0.4, -0.2) is 18.6 Å². The van der Waals surface area contributed by atoms with Gasteiger partial charge in [-0.05, 0) is 13.0 Å². The van der Waals surface area contributed by atoms with Crippen molar-refractivity contribution in [3.8, 4) is 5.75 Å². The molecule has 5 heteroatoms. The van der Waals surface area contributed by atoms with Gasteiger partial charge in [0, 0.05) is 41.9 Å². The molecule has 0 bridgehead atoms. The molecular formula is C13H17N3OS. The number of nitrogens with two attached hydrogens (primary N) is 1. The lowest BCUT2D eigenvalue weighted by Gasteiger charge is -2.08. The highest BCUT2D eigenvalue weighted by molar-refractivity contribution is 7.09. The molecule has 96 valence electrons. The fourth-order valence-corrected chi connectivity index (χ4v) is 2.35. The highest BCUT2D eigenvalue weighted by Crippen LogP contribution is 2.22. The van der Waals surface area contributed by atoms with Gasteiger partial charge in [0.25, 0.3) is 0 Å². The summed E-state index contributed by atoms with van der Waals surface area (Å²) in [5.41, 5.74) is 8.58. The molecule has 2 rings (SSSR count). The Balaban J connectivity index is 1.91. The van der Waals surface area contributed by atoms with Crippen molar-refractivity contribution in [1.29, 1.82) is 0 Å². The highest BCUT2D eigenvalue weighted by Gasteiger charge is 2.01. The number of hydrogen-bond acceptors (Lipinski definition) is 5. The summed E-state index contributed by atoms with van der Waals surface area (Å²) in [7, 11) is 1.64. The summed E-state index contributed by atoms with van der Waals surface area (Å²) in [4.78, 5) is 4.42. The van der Waals surface area contributed by atoms with Crippen molar-refractivity contribution < 1.29 is 4.74 Å². The number of rotatable bonds is 5. The molecular weight excluding hydrogens is 246 g/mol. The molecule has 0 fully saturated rings. The molecule has 0 aliphatic heterocycles. The number of nitrogens with one attached hydrogen (secondary N) is 1. The first-order valence-electron chi connectivity index (χ1n) is 5.77. The summed E-state index contributed by atoms with van der Waals surface area (Å²) >= 11 is 1.68. The number of benzene rings is 1. The first-order valence-corrected chi connectivity index (χ1v) is 6.65. The number of methoxy groups -OCH3 is 1. The maximum absolute atomic E-state index is 5.79. The quantitative estimate of drug-likeness (QED) is 0.814. The number of ether oxygens (including phenoxy) is 1. The summed E-state index contributed by atoms with van der Waals surface area (Å²) in [6.45, 7) is 2.85. The van der Waals surface area contributed by atoms with E-state index < -0.39 is 0 Å². The van der Waals surface area contributed by atoms with Crippen LogP contribution < -0.4 is 15.8 Å². The van der Waals surface area contributed by atoms with Gasteiger partial charge in [-0.15, -0.1) is 11.3 Å². The van der Waals surface area contributed by atoms with Crippen LogP contribution in [0.1, 0.15) is 10.7 Å². The molecule has 0 unspecified atom stereocenters. The average Bonchev–Trinajstić information content (AvgIpc) is 2.74. The molecule has 0 saturated carbocycles. The lowest BCUT2D eigenvalue weighted by atomic mass is 10.2. The van der Waals surface area contributed by atoms with E-state index in [0.717, 1.165) is 35.1 Å². The first-order chi connectivity index (χ1) is 8.67. The number of nitrogens with zero attached hydrogens (tertiary/aromatic N) is 1. The summed E-state index contributed by atoms with van der Waals surface area (Å²) in [5.74, 6) is 0.766. The van der Waals surface area contributed by atoms with E-state index >= 15 is 0 Å². The van der Waals surface area contributed by atoms with Crippen LogP contribution in [0.4, 0.5) is 11.4 Å². The fourth-order valence-electron chi connectivity index (χ4n) is 1.70. The molecule has 4 nitrogen and oxygen atoms in total. The number of aryl methyl sites for hydroxylation is 1. The van der Waals surface area contributed by atoms with E-state index in [1.807, 2.05) is 19.1 Å². The third kappa shape index (κ3) is 3.37. The second-order valence-electron chi connectivity index (χ2n) is 4.03. The van der Waals surface area contributed by atoms with Gasteiger partial charge in [0.15, 0.2) is 0 Å². The molecule has 1 heterocycles. The van der Waals surface area contributed by atoms with Crippen molar-refractivity contribution in [1.82, 2.24) is 4.98 Å². The average molecular weight is 263 g/mol. The van der Waals surface area contributed by atoms with Crippen LogP contribution in [0.3, 0.4) is 0 Å². The minimum atomic E-state index is 0.696. The monoisotopic (exact) mass is 263 g/mol. The molecule has 0 aliphatic rings. The molecule has 18 heavy (non-hydrogen) atoms. The zero-order valence-electron chi connectivity index (χ0n) is 10.6. The van der Waals surface area contributed by atoms with Crippen LogP contribution in [0.5, 0.6) is 5.75 Å². The lowest BCUT2D eigenvalue weighted by Crippen LogP contribution is -2.05. The Bertz CT molecular complexity index is 525. The first kappa shape index (κ1) is 12.7. The van der Waals surface area contributed by atoms with Gasteiger partial charge in [0.05, 0.1) is 17.8 Å². The molecule has 0 spiro atoms. The van der Waals surface area contributed by atoms with E-state index in [-0.39, 0.29) is 0 Å².